The molecule has 0 bridgehead atoms. The van der Waals surface area contributed by atoms with Crippen molar-refractivity contribution in [1.82, 2.24) is 4.90 Å². The summed E-state index contributed by atoms with van der Waals surface area (Å²) in [4.78, 5) is 2.30. The highest BCUT2D eigenvalue weighted by Gasteiger charge is 2.31. The van der Waals surface area contributed by atoms with Gasteiger partial charge in [0.2, 0.25) is 0 Å². The summed E-state index contributed by atoms with van der Waals surface area (Å²) in [6, 6.07) is 4.98. The van der Waals surface area contributed by atoms with Crippen molar-refractivity contribution in [2.45, 2.75) is 38.6 Å². The van der Waals surface area contributed by atoms with E-state index in [0.29, 0.717) is 11.8 Å². The van der Waals surface area contributed by atoms with Crippen molar-refractivity contribution >= 4 is 0 Å². The summed E-state index contributed by atoms with van der Waals surface area (Å²) in [7, 11) is 0. The molecular formula is C16H22F3NO2. The van der Waals surface area contributed by atoms with Crippen LogP contribution in [0.15, 0.2) is 24.3 Å². The normalized spacial score (nSPS) is 21.3. The van der Waals surface area contributed by atoms with Crippen molar-refractivity contribution in [1.29, 1.82) is 0 Å². The van der Waals surface area contributed by atoms with Crippen molar-refractivity contribution in [3.8, 4) is 5.75 Å². The van der Waals surface area contributed by atoms with Crippen LogP contribution in [0.2, 0.25) is 0 Å². The molecule has 3 nitrogen and oxygen atoms in total. The van der Waals surface area contributed by atoms with Gasteiger partial charge in [-0.2, -0.15) is 13.2 Å². The average molecular weight is 317 g/mol. The molecule has 6 heteroatoms. The number of ether oxygens (including phenoxy) is 1. The van der Waals surface area contributed by atoms with Crippen molar-refractivity contribution in [3.05, 3.63) is 29.8 Å². The number of hydrogen-bond donors (Lipinski definition) is 1. The quantitative estimate of drug-likeness (QED) is 0.905. The Morgan fingerprint density at radius 1 is 1.27 bits per heavy atom. The van der Waals surface area contributed by atoms with Gasteiger partial charge in [0.15, 0.2) is 0 Å². The molecule has 1 aliphatic heterocycles. The van der Waals surface area contributed by atoms with Crippen LogP contribution in [-0.4, -0.2) is 41.8 Å². The van der Waals surface area contributed by atoms with Crippen LogP contribution >= 0.6 is 0 Å². The number of rotatable bonds is 5. The Labute approximate surface area is 128 Å². The van der Waals surface area contributed by atoms with Crippen LogP contribution in [0.3, 0.4) is 0 Å². The molecule has 0 amide bonds. The fourth-order valence-corrected chi connectivity index (χ4v) is 2.66. The predicted molar refractivity (Wildman–Crippen MR) is 77.8 cm³/mol. The summed E-state index contributed by atoms with van der Waals surface area (Å²) in [5, 5.41) is 10.2. The molecule has 1 N–H and O–H groups in total. The second kappa shape index (κ2) is 6.87. The number of hydrogen-bond acceptors (Lipinski definition) is 3. The lowest BCUT2D eigenvalue weighted by atomic mass is 10.0. The Hall–Kier alpha value is -1.27. The lowest BCUT2D eigenvalue weighted by molar-refractivity contribution is -0.137. The topological polar surface area (TPSA) is 32.7 Å². The van der Waals surface area contributed by atoms with Gasteiger partial charge in [0.25, 0.3) is 0 Å². The highest BCUT2D eigenvalue weighted by Crippen LogP contribution is 2.30. The van der Waals surface area contributed by atoms with Gasteiger partial charge >= 0.3 is 6.18 Å². The number of benzene rings is 1. The molecule has 0 radical (unpaired) electrons. The van der Waals surface area contributed by atoms with Crippen LogP contribution in [0.1, 0.15) is 25.8 Å². The van der Waals surface area contributed by atoms with Crippen LogP contribution in [0.5, 0.6) is 5.75 Å². The highest BCUT2D eigenvalue weighted by atomic mass is 19.4. The van der Waals surface area contributed by atoms with Gasteiger partial charge < -0.3 is 14.7 Å². The number of halogens is 3. The first kappa shape index (κ1) is 17.1. The van der Waals surface area contributed by atoms with Crippen LogP contribution in [0.4, 0.5) is 13.2 Å². The minimum atomic E-state index is -4.35. The smallest absolute Gasteiger partial charge is 0.416 e. The van der Waals surface area contributed by atoms with Gasteiger partial charge in [0.05, 0.1) is 11.7 Å². The van der Waals surface area contributed by atoms with Crippen molar-refractivity contribution in [2.75, 3.05) is 19.7 Å². The fourth-order valence-electron chi connectivity index (χ4n) is 2.66. The second-order valence-electron chi connectivity index (χ2n) is 6.04. The first-order valence-electron chi connectivity index (χ1n) is 7.49. The highest BCUT2D eigenvalue weighted by molar-refractivity contribution is 5.28. The molecule has 124 valence electrons. The van der Waals surface area contributed by atoms with Gasteiger partial charge in [-0.05, 0) is 51.1 Å². The lowest BCUT2D eigenvalue weighted by Crippen LogP contribution is -2.33. The van der Waals surface area contributed by atoms with Crippen LogP contribution in [0, 0.1) is 5.92 Å². The molecule has 2 atom stereocenters. The van der Waals surface area contributed by atoms with E-state index in [9.17, 15) is 18.3 Å². The zero-order valence-electron chi connectivity index (χ0n) is 12.8. The molecular weight excluding hydrogens is 295 g/mol. The minimum Gasteiger partial charge on any atom is -0.491 e. The average Bonchev–Trinajstić information content (AvgIpc) is 2.94. The minimum absolute atomic E-state index is 0.0992. The number of likely N-dealkylation sites (tertiary alicyclic amines) is 1. The van der Waals surface area contributed by atoms with E-state index < -0.39 is 17.8 Å². The molecule has 1 fully saturated rings. The standard InChI is InChI=1S/C16H22F3NO2/c1-11(2)20-8-7-12(9-20)15(21)10-22-14-5-3-13(4-6-14)16(17,18)19/h3-6,11-12,15,21H,7-10H2,1-2H3. The molecule has 1 aliphatic rings. The number of nitrogens with zero attached hydrogens (tertiary/aromatic N) is 1. The van der Waals surface area contributed by atoms with Crippen LogP contribution in [0.25, 0.3) is 0 Å². The van der Waals surface area contributed by atoms with Gasteiger partial charge in [0, 0.05) is 18.5 Å². The second-order valence-corrected chi connectivity index (χ2v) is 6.04. The van der Waals surface area contributed by atoms with Crippen molar-refractivity contribution < 1.29 is 23.0 Å². The van der Waals surface area contributed by atoms with Crippen molar-refractivity contribution in [3.63, 3.8) is 0 Å². The summed E-state index contributed by atoms with van der Waals surface area (Å²) in [6.07, 6.45) is -4.04. The zero-order chi connectivity index (χ0) is 16.3. The van der Waals surface area contributed by atoms with E-state index in [1.54, 1.807) is 0 Å². The maximum atomic E-state index is 12.5. The zero-order valence-corrected chi connectivity index (χ0v) is 12.8. The summed E-state index contributed by atoms with van der Waals surface area (Å²) < 4.78 is 42.8. The lowest BCUT2D eigenvalue weighted by Gasteiger charge is -2.22. The van der Waals surface area contributed by atoms with E-state index in [4.69, 9.17) is 4.74 Å². The molecule has 1 heterocycles. The monoisotopic (exact) mass is 317 g/mol. The molecule has 2 rings (SSSR count). The van der Waals surface area contributed by atoms with E-state index in [1.165, 1.54) is 12.1 Å². The molecule has 1 aromatic rings. The molecule has 22 heavy (non-hydrogen) atoms. The van der Waals surface area contributed by atoms with E-state index >= 15 is 0 Å². The largest absolute Gasteiger partial charge is 0.491 e. The third kappa shape index (κ3) is 4.36. The van der Waals surface area contributed by atoms with Gasteiger partial charge in [-0.25, -0.2) is 0 Å². The van der Waals surface area contributed by atoms with Gasteiger partial charge in [0.1, 0.15) is 12.4 Å². The summed E-state index contributed by atoms with van der Waals surface area (Å²) in [5.41, 5.74) is -0.705. The first-order valence-corrected chi connectivity index (χ1v) is 7.49. The summed E-state index contributed by atoms with van der Waals surface area (Å²) in [6.45, 7) is 6.12. The molecule has 2 unspecified atom stereocenters. The number of aliphatic hydroxyl groups excluding tert-OH is 1. The maximum Gasteiger partial charge on any atom is 0.416 e. The van der Waals surface area contributed by atoms with E-state index in [2.05, 4.69) is 18.7 Å². The number of aliphatic hydroxyl groups is 1. The molecule has 1 saturated heterocycles. The Bertz CT molecular complexity index is 473. The van der Waals surface area contributed by atoms with Crippen LogP contribution < -0.4 is 4.74 Å². The maximum absolute atomic E-state index is 12.5. The van der Waals surface area contributed by atoms with Crippen molar-refractivity contribution in [2.24, 2.45) is 5.92 Å². The third-order valence-corrected chi connectivity index (χ3v) is 4.13. The fraction of sp³-hybridized carbons (Fsp3) is 0.625. The molecule has 0 spiro atoms. The Kier molecular flexibility index (Phi) is 5.34. The molecule has 0 aliphatic carbocycles. The summed E-state index contributed by atoms with van der Waals surface area (Å²) in [5.74, 6) is 0.489. The van der Waals surface area contributed by atoms with E-state index in [0.717, 1.165) is 31.6 Å². The molecule has 0 aromatic heterocycles. The van der Waals surface area contributed by atoms with Gasteiger partial charge in [-0.1, -0.05) is 0 Å². The SMILES string of the molecule is CC(C)N1CCC(C(O)COc2ccc(C(F)(F)F)cc2)C1. The third-order valence-electron chi connectivity index (χ3n) is 4.13. The number of alkyl halides is 3. The predicted octanol–water partition coefficient (Wildman–Crippen LogP) is 3.18. The van der Waals surface area contributed by atoms with E-state index in [1.807, 2.05) is 0 Å². The van der Waals surface area contributed by atoms with E-state index in [-0.39, 0.29) is 12.5 Å². The van der Waals surface area contributed by atoms with Gasteiger partial charge in [-0.3, -0.25) is 0 Å². The summed E-state index contributed by atoms with van der Waals surface area (Å²) >= 11 is 0. The van der Waals surface area contributed by atoms with Crippen LogP contribution in [-0.2, 0) is 6.18 Å². The Morgan fingerprint density at radius 2 is 1.91 bits per heavy atom. The first-order chi connectivity index (χ1) is 10.3. The Morgan fingerprint density at radius 3 is 2.41 bits per heavy atom. The Balaban J connectivity index is 1.83. The molecule has 0 saturated carbocycles. The molecule has 1 aromatic carbocycles. The van der Waals surface area contributed by atoms with Gasteiger partial charge in [-0.15, -0.1) is 0 Å².